The minimum Gasteiger partial charge on any atom is -0.444 e. The molecular weight excluding hydrogens is 548 g/mol. The number of rotatable bonds is 7. The normalized spacial score (nSPS) is 16.4. The van der Waals surface area contributed by atoms with Gasteiger partial charge in [0.2, 0.25) is 5.91 Å². The molecule has 3 aromatic heterocycles. The number of amides is 2. The van der Waals surface area contributed by atoms with Gasteiger partial charge in [-0.25, -0.2) is 9.78 Å². The summed E-state index contributed by atoms with van der Waals surface area (Å²) in [5.74, 6) is 1.08. The highest BCUT2D eigenvalue weighted by molar-refractivity contribution is 7.14. The molecule has 42 heavy (non-hydrogen) atoms. The highest BCUT2D eigenvalue weighted by atomic mass is 32.1. The van der Waals surface area contributed by atoms with E-state index in [2.05, 4.69) is 34.7 Å². The zero-order valence-corrected chi connectivity index (χ0v) is 25.3. The molecule has 1 N–H and O–H groups in total. The van der Waals surface area contributed by atoms with Crippen molar-refractivity contribution >= 4 is 39.9 Å². The molecular formula is C32H38N6O3S. The van der Waals surface area contributed by atoms with E-state index in [1.54, 1.807) is 23.7 Å². The van der Waals surface area contributed by atoms with E-state index in [0.717, 1.165) is 70.6 Å². The fourth-order valence-electron chi connectivity index (χ4n) is 5.54. The number of piperidine rings is 1. The van der Waals surface area contributed by atoms with Crippen LogP contribution in [0.1, 0.15) is 59.3 Å². The largest absolute Gasteiger partial charge is 0.444 e. The third-order valence-corrected chi connectivity index (χ3v) is 8.98. The van der Waals surface area contributed by atoms with Gasteiger partial charge < -0.3 is 15.0 Å². The Balaban J connectivity index is 1.09. The smallest absolute Gasteiger partial charge is 0.410 e. The van der Waals surface area contributed by atoms with Gasteiger partial charge in [-0.05, 0) is 70.4 Å². The van der Waals surface area contributed by atoms with Crippen molar-refractivity contribution < 1.29 is 14.3 Å². The molecule has 0 radical (unpaired) electrons. The Morgan fingerprint density at radius 2 is 1.83 bits per heavy atom. The van der Waals surface area contributed by atoms with Crippen LogP contribution in [0.4, 0.5) is 10.5 Å². The standard InChI is InChI=1S/C32H38N6O3S/c1-32(2,3)41-31(40)37-11-9-22(10-12-37)18-38-19-24-8-7-23(14-26(24)36-38)27-16-33-17-28(35-27)29-15-25(20-42-29)34-30(39)13-21-5-4-6-21/h7-8,14-17,19-22H,4-6,9-13,18H2,1-3H3,(H,34,39). The summed E-state index contributed by atoms with van der Waals surface area (Å²) in [5.41, 5.74) is 3.77. The van der Waals surface area contributed by atoms with E-state index in [0.29, 0.717) is 31.3 Å². The maximum atomic E-state index is 12.4. The third-order valence-electron chi connectivity index (χ3n) is 8.03. The van der Waals surface area contributed by atoms with E-state index in [4.69, 9.17) is 14.8 Å². The van der Waals surface area contributed by atoms with E-state index in [1.165, 1.54) is 6.42 Å². The number of nitrogens with zero attached hydrogens (tertiary/aromatic N) is 5. The first-order valence-corrected chi connectivity index (χ1v) is 15.7. The molecule has 10 heteroatoms. The first-order valence-electron chi connectivity index (χ1n) is 14.8. The summed E-state index contributed by atoms with van der Waals surface area (Å²) in [5, 5.41) is 10.9. The Bertz CT molecular complexity index is 1580. The molecule has 1 aliphatic carbocycles. The maximum absolute atomic E-state index is 12.4. The van der Waals surface area contributed by atoms with Crippen LogP contribution in [-0.2, 0) is 16.1 Å². The molecule has 0 bridgehead atoms. The molecule has 0 atom stereocenters. The van der Waals surface area contributed by atoms with Crippen LogP contribution >= 0.6 is 11.3 Å². The highest BCUT2D eigenvalue weighted by Gasteiger charge is 2.27. The van der Waals surface area contributed by atoms with Gasteiger partial charge in [-0.3, -0.25) is 14.5 Å². The van der Waals surface area contributed by atoms with Crippen molar-refractivity contribution in [1.82, 2.24) is 24.6 Å². The van der Waals surface area contributed by atoms with E-state index in [1.807, 2.05) is 41.8 Å². The number of fused-ring (bicyclic) bond motifs is 1. The minimum atomic E-state index is -0.476. The van der Waals surface area contributed by atoms with Gasteiger partial charge in [0.1, 0.15) is 5.60 Å². The fourth-order valence-corrected chi connectivity index (χ4v) is 6.34. The molecule has 1 saturated heterocycles. The number of anilines is 1. The second kappa shape index (κ2) is 11.8. The Kier molecular flexibility index (Phi) is 7.98. The van der Waals surface area contributed by atoms with Crippen LogP contribution < -0.4 is 5.32 Å². The van der Waals surface area contributed by atoms with E-state index < -0.39 is 5.60 Å². The van der Waals surface area contributed by atoms with Crippen LogP contribution in [0.2, 0.25) is 0 Å². The van der Waals surface area contributed by atoms with Crippen LogP contribution in [-0.4, -0.2) is 55.3 Å². The SMILES string of the molecule is CC(C)(C)OC(=O)N1CCC(Cn2cc3ccc(-c4cncc(-c5cc(NC(=O)CC6CCC6)cs5)n4)cc3n2)CC1. The molecule has 4 aromatic rings. The number of likely N-dealkylation sites (tertiary alicyclic amines) is 1. The molecule has 1 aromatic carbocycles. The van der Waals surface area contributed by atoms with Crippen LogP contribution in [0.15, 0.2) is 48.2 Å². The van der Waals surface area contributed by atoms with Crippen LogP contribution in [0.25, 0.3) is 32.7 Å². The Morgan fingerprint density at radius 3 is 2.57 bits per heavy atom. The lowest BCUT2D eigenvalue weighted by Gasteiger charge is -2.33. The van der Waals surface area contributed by atoms with Crippen molar-refractivity contribution in [2.45, 2.75) is 71.4 Å². The van der Waals surface area contributed by atoms with Crippen LogP contribution in [0.3, 0.4) is 0 Å². The zero-order chi connectivity index (χ0) is 29.3. The minimum absolute atomic E-state index is 0.0860. The molecule has 2 fully saturated rings. The second-order valence-corrected chi connectivity index (χ2v) is 13.5. The topological polar surface area (TPSA) is 102 Å². The van der Waals surface area contributed by atoms with Crippen LogP contribution in [0, 0.1) is 11.8 Å². The molecule has 4 heterocycles. The summed E-state index contributed by atoms with van der Waals surface area (Å²) < 4.78 is 7.55. The molecule has 2 amide bonds. The van der Waals surface area contributed by atoms with Crippen molar-refractivity contribution in [2.75, 3.05) is 18.4 Å². The Morgan fingerprint density at radius 1 is 1.05 bits per heavy atom. The van der Waals surface area contributed by atoms with Gasteiger partial charge in [-0.1, -0.05) is 18.6 Å². The quantitative estimate of drug-likeness (QED) is 0.250. The van der Waals surface area contributed by atoms with E-state index in [-0.39, 0.29) is 12.0 Å². The number of benzene rings is 1. The van der Waals surface area contributed by atoms with Gasteiger partial charge in [-0.15, -0.1) is 11.3 Å². The van der Waals surface area contributed by atoms with Crippen LogP contribution in [0.5, 0.6) is 0 Å². The van der Waals surface area contributed by atoms with Gasteiger partial charge in [0.15, 0.2) is 0 Å². The summed E-state index contributed by atoms with van der Waals surface area (Å²) in [7, 11) is 0. The molecule has 0 spiro atoms. The Hall–Kier alpha value is -3.79. The molecule has 0 unspecified atom stereocenters. The lowest BCUT2D eigenvalue weighted by molar-refractivity contribution is -0.117. The summed E-state index contributed by atoms with van der Waals surface area (Å²) in [6.45, 7) is 7.92. The molecule has 9 nitrogen and oxygen atoms in total. The third kappa shape index (κ3) is 6.81. The van der Waals surface area contributed by atoms with Crippen molar-refractivity contribution in [3.8, 4) is 21.8 Å². The van der Waals surface area contributed by atoms with E-state index >= 15 is 0 Å². The average Bonchev–Trinajstić information content (AvgIpc) is 3.56. The van der Waals surface area contributed by atoms with Gasteiger partial charge in [-0.2, -0.15) is 5.10 Å². The summed E-state index contributed by atoms with van der Waals surface area (Å²) in [6.07, 6.45) is 11.4. The lowest BCUT2D eigenvalue weighted by atomic mass is 9.83. The molecule has 1 saturated carbocycles. The van der Waals surface area contributed by atoms with Gasteiger partial charge in [0.05, 0.1) is 39.9 Å². The maximum Gasteiger partial charge on any atom is 0.410 e. The molecule has 6 rings (SSSR count). The number of nitrogens with one attached hydrogen (secondary N) is 1. The molecule has 2 aliphatic rings. The summed E-state index contributed by atoms with van der Waals surface area (Å²) in [6, 6.07) is 8.17. The Labute approximate surface area is 250 Å². The molecule has 1 aliphatic heterocycles. The number of hydrogen-bond acceptors (Lipinski definition) is 7. The predicted molar refractivity (Wildman–Crippen MR) is 165 cm³/mol. The second-order valence-electron chi connectivity index (χ2n) is 12.6. The number of aromatic nitrogens is 4. The van der Waals surface area contributed by atoms with Crippen molar-refractivity contribution in [3.05, 3.63) is 48.2 Å². The average molecular weight is 587 g/mol. The van der Waals surface area contributed by atoms with E-state index in [9.17, 15) is 9.59 Å². The number of thiophene rings is 1. The van der Waals surface area contributed by atoms with Crippen molar-refractivity contribution in [2.24, 2.45) is 11.8 Å². The first kappa shape index (κ1) is 28.3. The lowest BCUT2D eigenvalue weighted by Crippen LogP contribution is -2.42. The van der Waals surface area contributed by atoms with Gasteiger partial charge in [0, 0.05) is 48.6 Å². The van der Waals surface area contributed by atoms with Crippen molar-refractivity contribution in [3.63, 3.8) is 0 Å². The van der Waals surface area contributed by atoms with Gasteiger partial charge in [0.25, 0.3) is 0 Å². The van der Waals surface area contributed by atoms with Crippen molar-refractivity contribution in [1.29, 1.82) is 0 Å². The monoisotopic (exact) mass is 586 g/mol. The highest BCUT2D eigenvalue weighted by Crippen LogP contribution is 2.32. The predicted octanol–water partition coefficient (Wildman–Crippen LogP) is 7.00. The number of hydrogen-bond donors (Lipinski definition) is 1. The molecule has 220 valence electrons. The summed E-state index contributed by atoms with van der Waals surface area (Å²) in [4.78, 5) is 36.9. The number of ether oxygens (including phenoxy) is 1. The first-order chi connectivity index (χ1) is 20.2. The zero-order valence-electron chi connectivity index (χ0n) is 24.5. The van der Waals surface area contributed by atoms with Gasteiger partial charge >= 0.3 is 6.09 Å². The number of carbonyl (C=O) groups is 2. The summed E-state index contributed by atoms with van der Waals surface area (Å²) >= 11 is 1.55. The fraction of sp³-hybridized carbons (Fsp3) is 0.469. The number of carbonyl (C=O) groups excluding carboxylic acids is 2.